The molecule has 0 aliphatic heterocycles. The molecule has 0 saturated heterocycles. The van der Waals surface area contributed by atoms with E-state index in [1.807, 2.05) is 149 Å². The minimum absolute atomic E-state index is 0.756. The number of benzene rings is 10. The Morgan fingerprint density at radius 2 is 0.569 bits per heavy atom. The maximum Gasteiger partial charge on any atom is 0.191 e. The van der Waals surface area contributed by atoms with E-state index in [-0.39, 0.29) is 0 Å². The molecule has 2 unspecified atom stereocenters. The average Bonchev–Trinajstić information content (AvgIpc) is 3.41. The summed E-state index contributed by atoms with van der Waals surface area (Å²) in [6, 6.07) is 82.2. The lowest BCUT2D eigenvalue weighted by atomic mass is 9.95. The third-order valence-electron chi connectivity index (χ3n) is 12.2. The van der Waals surface area contributed by atoms with Gasteiger partial charge < -0.3 is 30.7 Å². The van der Waals surface area contributed by atoms with E-state index in [0.717, 1.165) is 68.1 Å². The highest BCUT2D eigenvalue weighted by molar-refractivity contribution is 5.87. The van der Waals surface area contributed by atoms with Gasteiger partial charge in [-0.2, -0.15) is 0 Å². The van der Waals surface area contributed by atoms with E-state index in [0.29, 0.717) is 0 Å². The molecule has 0 aliphatic rings. The lowest BCUT2D eigenvalue weighted by molar-refractivity contribution is 0.151. The third-order valence-corrected chi connectivity index (χ3v) is 12.2. The molecule has 6 nitrogen and oxygen atoms in total. The van der Waals surface area contributed by atoms with Crippen LogP contribution in [0, 0.1) is 23.7 Å². The van der Waals surface area contributed by atoms with Crippen molar-refractivity contribution in [3.05, 3.63) is 254 Å². The average molecular weight is 937 g/mol. The van der Waals surface area contributed by atoms with Crippen LogP contribution in [0.2, 0.25) is 0 Å². The zero-order valence-electron chi connectivity index (χ0n) is 40.9. The monoisotopic (exact) mass is 936 g/mol. The second-order valence-electron chi connectivity index (χ2n) is 17.6. The molecule has 352 valence electrons. The van der Waals surface area contributed by atoms with E-state index < -0.39 is 11.2 Å². The zero-order chi connectivity index (χ0) is 49.6. The van der Waals surface area contributed by atoms with Gasteiger partial charge in [0.1, 0.15) is 11.5 Å². The van der Waals surface area contributed by atoms with Crippen molar-refractivity contribution in [1.82, 2.24) is 0 Å². The van der Waals surface area contributed by atoms with Crippen LogP contribution in [-0.2, 0) is 11.2 Å². The topological polar surface area (TPSA) is 66.6 Å². The van der Waals surface area contributed by atoms with E-state index >= 15 is 0 Å². The van der Waals surface area contributed by atoms with Crippen LogP contribution in [0.1, 0.15) is 38.8 Å². The molecule has 10 aromatic carbocycles. The summed E-state index contributed by atoms with van der Waals surface area (Å²) in [6.07, 6.45) is 0. The molecule has 0 saturated carbocycles. The fourth-order valence-corrected chi connectivity index (χ4v) is 8.46. The number of anilines is 8. The van der Waals surface area contributed by atoms with Gasteiger partial charge in [-0.15, -0.1) is 11.8 Å². The Bertz CT molecular complexity index is 3500. The summed E-state index contributed by atoms with van der Waals surface area (Å²) in [5.74, 6) is 14.1. The van der Waals surface area contributed by atoms with Gasteiger partial charge in [-0.25, -0.2) is 0 Å². The van der Waals surface area contributed by atoms with Gasteiger partial charge in [-0.1, -0.05) is 133 Å². The molecule has 0 aliphatic carbocycles. The Morgan fingerprint density at radius 3 is 0.917 bits per heavy atom. The molecule has 10 aromatic rings. The van der Waals surface area contributed by atoms with Crippen molar-refractivity contribution in [2.24, 2.45) is 0 Å². The van der Waals surface area contributed by atoms with Crippen molar-refractivity contribution in [3.8, 4) is 35.2 Å². The van der Waals surface area contributed by atoms with Crippen LogP contribution in [-0.4, -0.2) is 0 Å². The molecule has 72 heavy (non-hydrogen) atoms. The molecule has 0 radical (unpaired) electrons. The normalized spacial score (nSPS) is 12.2. The first kappa shape index (κ1) is 47.7. The predicted octanol–water partition coefficient (Wildman–Crippen LogP) is 17.3. The summed E-state index contributed by atoms with van der Waals surface area (Å²) in [7, 11) is 0. The Kier molecular flexibility index (Phi) is 14.8. The van der Waals surface area contributed by atoms with E-state index in [1.54, 1.807) is 0 Å². The van der Waals surface area contributed by atoms with Gasteiger partial charge in [0.2, 0.25) is 0 Å². The Labute approximate surface area is 423 Å². The van der Waals surface area contributed by atoms with E-state index in [1.165, 1.54) is 21.5 Å². The van der Waals surface area contributed by atoms with Crippen molar-refractivity contribution >= 4 is 67.0 Å². The first-order valence-corrected chi connectivity index (χ1v) is 24.1. The predicted molar refractivity (Wildman–Crippen MR) is 303 cm³/mol. The molecule has 0 heterocycles. The quantitative estimate of drug-likeness (QED) is 0.0815. The maximum atomic E-state index is 6.48. The van der Waals surface area contributed by atoms with Crippen LogP contribution in [0.15, 0.2) is 243 Å². The molecule has 2 atom stereocenters. The molecule has 4 N–H and O–H groups in total. The van der Waals surface area contributed by atoms with E-state index in [4.69, 9.17) is 9.47 Å². The van der Waals surface area contributed by atoms with Gasteiger partial charge in [0.25, 0.3) is 0 Å². The molecule has 0 aromatic heterocycles. The lowest BCUT2D eigenvalue weighted by Crippen LogP contribution is -2.27. The number of fused-ring (bicyclic) bond motifs is 2. The van der Waals surface area contributed by atoms with Crippen molar-refractivity contribution in [1.29, 1.82) is 0 Å². The number of nitrogens with one attached hydrogen (secondary N) is 4. The van der Waals surface area contributed by atoms with Crippen molar-refractivity contribution in [2.75, 3.05) is 21.3 Å². The molecular weight excluding hydrogens is 881 g/mol. The number of ether oxygens (including phenoxy) is 2. The number of rotatable bonds is 14. The van der Waals surface area contributed by atoms with Crippen LogP contribution in [0.5, 0.6) is 11.5 Å². The highest BCUT2D eigenvalue weighted by atomic mass is 16.5. The van der Waals surface area contributed by atoms with E-state index in [9.17, 15) is 0 Å². The van der Waals surface area contributed by atoms with Gasteiger partial charge >= 0.3 is 0 Å². The minimum atomic E-state index is -0.788. The van der Waals surface area contributed by atoms with Crippen LogP contribution in [0.25, 0.3) is 21.5 Å². The van der Waals surface area contributed by atoms with Crippen LogP contribution in [0.4, 0.5) is 45.5 Å². The second kappa shape index (κ2) is 22.4. The largest absolute Gasteiger partial charge is 0.471 e. The van der Waals surface area contributed by atoms with Crippen molar-refractivity contribution in [2.45, 2.75) is 38.9 Å². The van der Waals surface area contributed by atoms with Gasteiger partial charge in [0.05, 0.1) is 0 Å². The highest BCUT2D eigenvalue weighted by Crippen LogP contribution is 2.33. The summed E-state index contributed by atoms with van der Waals surface area (Å²) in [6.45, 7) is 7.68. The fourth-order valence-electron chi connectivity index (χ4n) is 8.46. The Balaban J connectivity index is 0.000000182. The number of hydrogen-bond acceptors (Lipinski definition) is 6. The molecule has 0 amide bonds. The molecule has 6 heteroatoms. The molecule has 0 spiro atoms. The zero-order valence-corrected chi connectivity index (χ0v) is 40.9. The first-order valence-electron chi connectivity index (χ1n) is 24.1. The maximum absolute atomic E-state index is 6.48. The Hall–Kier alpha value is -9.36. The van der Waals surface area contributed by atoms with Crippen molar-refractivity contribution < 1.29 is 9.47 Å². The summed E-state index contributed by atoms with van der Waals surface area (Å²) in [5.41, 5.74) is 8.67. The minimum Gasteiger partial charge on any atom is -0.471 e. The van der Waals surface area contributed by atoms with Gasteiger partial charge in [-0.05, 0) is 171 Å². The fraction of sp³-hybridized carbons (Fsp3) is 0.0909. The third kappa shape index (κ3) is 12.3. The van der Waals surface area contributed by atoms with Crippen LogP contribution < -0.4 is 30.7 Å². The Morgan fingerprint density at radius 1 is 0.292 bits per heavy atom. The summed E-state index contributed by atoms with van der Waals surface area (Å²) >= 11 is 0. The van der Waals surface area contributed by atoms with Gasteiger partial charge in [0.15, 0.2) is 11.2 Å². The SMILES string of the molecule is CC#CC(C)(Oc1ccc(Nc2ccc3ccccc3c2)cc1)c1ccc(Nc2ccc3ccccc3c2)cc1.CC#CC(C)(Oc1ccc(Nc2ccccc2)cc1)c1ccc(Nc2ccccc2)cc1. The van der Waals surface area contributed by atoms with Crippen molar-refractivity contribution in [3.63, 3.8) is 0 Å². The number of hydrogen-bond donors (Lipinski definition) is 4. The molecule has 0 bridgehead atoms. The standard InChI is InChI=1S/C37H30N2O.C29H26N2O/c1-3-24-37(2,31-14-18-32(19-15-31)38-34-16-12-27-8-4-6-10-29(27)25-34)40-36-22-20-33(21-23-36)39-35-17-13-28-9-5-7-11-30(28)26-35;1-3-22-29(2,23-14-16-26(17-15-23)30-24-10-6-4-7-11-24)32-28-20-18-27(19-21-28)31-25-12-8-5-9-13-25/h4-23,25-26,38-39H,1-2H3;4-21,30-31H,1-2H3. The summed E-state index contributed by atoms with van der Waals surface area (Å²) in [5, 5.41) is 18.7. The smallest absolute Gasteiger partial charge is 0.191 e. The summed E-state index contributed by atoms with van der Waals surface area (Å²) in [4.78, 5) is 0. The first-order chi connectivity index (χ1) is 35.2. The summed E-state index contributed by atoms with van der Waals surface area (Å²) < 4.78 is 12.8. The van der Waals surface area contributed by atoms with E-state index in [2.05, 4.69) is 166 Å². The molecular formula is C66H56N4O2. The second-order valence-corrected chi connectivity index (χ2v) is 17.6. The molecule has 10 rings (SSSR count). The van der Waals surface area contributed by atoms with Gasteiger partial charge in [0, 0.05) is 56.6 Å². The van der Waals surface area contributed by atoms with Crippen LogP contribution in [0.3, 0.4) is 0 Å². The van der Waals surface area contributed by atoms with Gasteiger partial charge in [-0.3, -0.25) is 0 Å². The van der Waals surface area contributed by atoms with Crippen LogP contribution >= 0.6 is 0 Å². The lowest BCUT2D eigenvalue weighted by Gasteiger charge is -2.26. The number of para-hydroxylation sites is 2. The molecule has 0 fully saturated rings. The highest BCUT2D eigenvalue weighted by Gasteiger charge is 2.28.